The maximum atomic E-state index is 12.8. The Morgan fingerprint density at radius 1 is 1.36 bits per heavy atom. The van der Waals surface area contributed by atoms with Crippen LogP contribution in [0.3, 0.4) is 0 Å². The van der Waals surface area contributed by atoms with Crippen LogP contribution < -0.4 is 0 Å². The highest BCUT2D eigenvalue weighted by atomic mass is 19.1. The van der Waals surface area contributed by atoms with Gasteiger partial charge in [0.2, 0.25) is 0 Å². The first-order valence-electron chi connectivity index (χ1n) is 5.11. The van der Waals surface area contributed by atoms with Gasteiger partial charge in [-0.2, -0.15) is 0 Å². The van der Waals surface area contributed by atoms with Crippen molar-refractivity contribution in [1.82, 2.24) is 0 Å². The van der Waals surface area contributed by atoms with Gasteiger partial charge in [-0.15, -0.1) is 0 Å². The first-order chi connectivity index (χ1) is 6.68. The van der Waals surface area contributed by atoms with Crippen LogP contribution in [0.2, 0.25) is 0 Å². The average Bonchev–Trinajstić information content (AvgIpc) is 2.12. The molecule has 1 N–H and O–H groups in total. The van der Waals surface area contributed by atoms with Crippen molar-refractivity contribution in [2.24, 2.45) is 0 Å². The Hall–Kier alpha value is -0.890. The molecule has 0 saturated heterocycles. The summed E-state index contributed by atoms with van der Waals surface area (Å²) < 4.78 is 12.8. The van der Waals surface area contributed by atoms with Crippen LogP contribution in [-0.4, -0.2) is 11.2 Å². The molecule has 1 unspecified atom stereocenters. The van der Waals surface area contributed by atoms with Gasteiger partial charge in [0.25, 0.3) is 0 Å². The number of benzene rings is 1. The molecule has 1 nitrogen and oxygen atoms in total. The molecule has 1 atom stereocenters. The maximum Gasteiger partial charge on any atom is 0.123 e. The van der Waals surface area contributed by atoms with E-state index in [1.54, 1.807) is 19.1 Å². The van der Waals surface area contributed by atoms with Crippen molar-refractivity contribution >= 4 is 0 Å². The van der Waals surface area contributed by atoms with Gasteiger partial charge in [-0.05, 0) is 43.9 Å². The molecule has 0 aliphatic heterocycles. The van der Waals surface area contributed by atoms with E-state index < -0.39 is 0 Å². The number of aryl methyl sites for hydroxylation is 1. The summed E-state index contributed by atoms with van der Waals surface area (Å²) in [6.07, 6.45) is 3.50. The van der Waals surface area contributed by atoms with E-state index in [0.717, 1.165) is 31.2 Å². The van der Waals surface area contributed by atoms with Crippen molar-refractivity contribution in [3.8, 4) is 0 Å². The van der Waals surface area contributed by atoms with Crippen LogP contribution in [0.15, 0.2) is 24.3 Å². The second-order valence-electron chi connectivity index (χ2n) is 3.72. The third-order valence-electron chi connectivity index (χ3n) is 2.23. The van der Waals surface area contributed by atoms with Gasteiger partial charge in [-0.1, -0.05) is 18.6 Å². The minimum absolute atomic E-state index is 0.168. The van der Waals surface area contributed by atoms with Crippen LogP contribution in [0.25, 0.3) is 0 Å². The Balaban J connectivity index is 2.25. The standard InChI is InChI=1S/C12H17FO/c1-10(14)5-2-3-6-11-7-4-8-12(13)9-11/h4,7-10,14H,2-3,5-6H2,1H3. The van der Waals surface area contributed by atoms with Crippen LogP contribution in [0.4, 0.5) is 4.39 Å². The zero-order valence-corrected chi connectivity index (χ0v) is 8.54. The van der Waals surface area contributed by atoms with Gasteiger partial charge < -0.3 is 5.11 Å². The Morgan fingerprint density at radius 2 is 2.14 bits per heavy atom. The van der Waals surface area contributed by atoms with E-state index in [0.29, 0.717) is 0 Å². The fraction of sp³-hybridized carbons (Fsp3) is 0.500. The van der Waals surface area contributed by atoms with Crippen molar-refractivity contribution < 1.29 is 9.50 Å². The minimum Gasteiger partial charge on any atom is -0.393 e. The highest BCUT2D eigenvalue weighted by molar-refractivity contribution is 5.16. The molecule has 0 saturated carbocycles. The van der Waals surface area contributed by atoms with Crippen molar-refractivity contribution in [1.29, 1.82) is 0 Å². The normalized spacial score (nSPS) is 12.8. The van der Waals surface area contributed by atoms with Crippen LogP contribution in [-0.2, 0) is 6.42 Å². The molecule has 0 amide bonds. The van der Waals surface area contributed by atoms with Crippen molar-refractivity contribution in [2.75, 3.05) is 0 Å². The second-order valence-corrected chi connectivity index (χ2v) is 3.72. The molecule has 2 heteroatoms. The molecule has 0 radical (unpaired) electrons. The summed E-state index contributed by atoms with van der Waals surface area (Å²) in [4.78, 5) is 0. The molecule has 0 aliphatic carbocycles. The molecule has 14 heavy (non-hydrogen) atoms. The van der Waals surface area contributed by atoms with Gasteiger partial charge in [-0.3, -0.25) is 0 Å². The van der Waals surface area contributed by atoms with Crippen LogP contribution in [0.5, 0.6) is 0 Å². The molecule has 0 heterocycles. The molecule has 78 valence electrons. The number of rotatable bonds is 5. The summed E-state index contributed by atoms with van der Waals surface area (Å²) in [6.45, 7) is 1.79. The lowest BCUT2D eigenvalue weighted by molar-refractivity contribution is 0.180. The average molecular weight is 196 g/mol. The topological polar surface area (TPSA) is 20.2 Å². The van der Waals surface area contributed by atoms with Crippen LogP contribution in [0.1, 0.15) is 31.7 Å². The molecule has 0 aliphatic rings. The lowest BCUT2D eigenvalue weighted by Crippen LogP contribution is -1.99. The van der Waals surface area contributed by atoms with Gasteiger partial charge in [0.1, 0.15) is 5.82 Å². The van der Waals surface area contributed by atoms with E-state index in [-0.39, 0.29) is 11.9 Å². The number of hydrogen-bond donors (Lipinski definition) is 1. The summed E-state index contributed by atoms with van der Waals surface area (Å²) in [5.41, 5.74) is 1.04. The molecule has 0 spiro atoms. The van der Waals surface area contributed by atoms with Gasteiger partial charge in [-0.25, -0.2) is 4.39 Å². The molecule has 1 rings (SSSR count). The summed E-state index contributed by atoms with van der Waals surface area (Å²) in [7, 11) is 0. The van der Waals surface area contributed by atoms with E-state index in [1.807, 2.05) is 6.07 Å². The van der Waals surface area contributed by atoms with Gasteiger partial charge in [0.05, 0.1) is 6.10 Å². The quantitative estimate of drug-likeness (QED) is 0.718. The lowest BCUT2D eigenvalue weighted by atomic mass is 10.1. The highest BCUT2D eigenvalue weighted by Gasteiger charge is 1.97. The Labute approximate surface area is 84.6 Å². The third kappa shape index (κ3) is 4.38. The zero-order valence-electron chi connectivity index (χ0n) is 8.54. The highest BCUT2D eigenvalue weighted by Crippen LogP contribution is 2.09. The largest absolute Gasteiger partial charge is 0.393 e. The number of aliphatic hydroxyl groups is 1. The maximum absolute atomic E-state index is 12.8. The van der Waals surface area contributed by atoms with Crippen molar-refractivity contribution in [2.45, 2.75) is 38.7 Å². The van der Waals surface area contributed by atoms with E-state index in [1.165, 1.54) is 6.07 Å². The van der Waals surface area contributed by atoms with Crippen LogP contribution in [0, 0.1) is 5.82 Å². The molecular weight excluding hydrogens is 179 g/mol. The van der Waals surface area contributed by atoms with E-state index in [9.17, 15) is 4.39 Å². The van der Waals surface area contributed by atoms with E-state index in [4.69, 9.17) is 5.11 Å². The van der Waals surface area contributed by atoms with Crippen molar-refractivity contribution in [3.63, 3.8) is 0 Å². The SMILES string of the molecule is CC(O)CCCCc1cccc(F)c1. The predicted molar refractivity (Wildman–Crippen MR) is 55.6 cm³/mol. The zero-order chi connectivity index (χ0) is 10.4. The van der Waals surface area contributed by atoms with E-state index in [2.05, 4.69) is 0 Å². The summed E-state index contributed by atoms with van der Waals surface area (Å²) >= 11 is 0. The fourth-order valence-electron chi connectivity index (χ4n) is 1.46. The van der Waals surface area contributed by atoms with E-state index >= 15 is 0 Å². The Kier molecular flexibility index (Phi) is 4.60. The molecule has 0 bridgehead atoms. The molecule has 1 aromatic carbocycles. The molecule has 0 aromatic heterocycles. The number of halogens is 1. The fourth-order valence-corrected chi connectivity index (χ4v) is 1.46. The van der Waals surface area contributed by atoms with Gasteiger partial charge >= 0.3 is 0 Å². The molecule has 0 fully saturated rings. The van der Waals surface area contributed by atoms with Crippen LogP contribution >= 0.6 is 0 Å². The Bertz CT molecular complexity index is 271. The number of unbranched alkanes of at least 4 members (excludes halogenated alkanes) is 1. The smallest absolute Gasteiger partial charge is 0.123 e. The number of hydrogen-bond acceptors (Lipinski definition) is 1. The number of aliphatic hydroxyl groups excluding tert-OH is 1. The summed E-state index contributed by atoms with van der Waals surface area (Å²) in [5.74, 6) is -0.168. The van der Waals surface area contributed by atoms with Crippen molar-refractivity contribution in [3.05, 3.63) is 35.6 Å². The first kappa shape index (κ1) is 11.2. The summed E-state index contributed by atoms with van der Waals surface area (Å²) in [5, 5.41) is 9.03. The molecule has 1 aromatic rings. The predicted octanol–water partition coefficient (Wildman–Crippen LogP) is 2.92. The van der Waals surface area contributed by atoms with Gasteiger partial charge in [0, 0.05) is 0 Å². The van der Waals surface area contributed by atoms with Gasteiger partial charge in [0.15, 0.2) is 0 Å². The second kappa shape index (κ2) is 5.76. The summed E-state index contributed by atoms with van der Waals surface area (Å²) in [6, 6.07) is 6.70. The monoisotopic (exact) mass is 196 g/mol. The Morgan fingerprint density at radius 3 is 2.79 bits per heavy atom. The molecular formula is C12H17FO. The lowest BCUT2D eigenvalue weighted by Gasteiger charge is -2.04. The third-order valence-corrected chi connectivity index (χ3v) is 2.23. The first-order valence-corrected chi connectivity index (χ1v) is 5.11. The minimum atomic E-state index is -0.220.